The van der Waals surface area contributed by atoms with Crippen LogP contribution in [-0.4, -0.2) is 38.0 Å². The number of nitrogens with zero attached hydrogens (tertiary/aromatic N) is 1. The number of hydrogen-bond donors (Lipinski definition) is 1. The fraction of sp³-hybridized carbons (Fsp3) is 0.353. The number of methoxy groups -OCH3 is 1. The van der Waals surface area contributed by atoms with Gasteiger partial charge in [-0.1, -0.05) is 6.08 Å². The van der Waals surface area contributed by atoms with E-state index in [4.69, 9.17) is 0 Å². The molecule has 6 heteroatoms. The van der Waals surface area contributed by atoms with E-state index in [9.17, 15) is 14.4 Å². The summed E-state index contributed by atoms with van der Waals surface area (Å²) >= 11 is 0. The van der Waals surface area contributed by atoms with Gasteiger partial charge in [0.15, 0.2) is 0 Å². The van der Waals surface area contributed by atoms with E-state index < -0.39 is 5.97 Å². The van der Waals surface area contributed by atoms with Crippen LogP contribution in [0.15, 0.2) is 36.4 Å². The van der Waals surface area contributed by atoms with E-state index in [1.807, 2.05) is 0 Å². The Morgan fingerprint density at radius 3 is 2.65 bits per heavy atom. The average Bonchev–Trinajstić information content (AvgIpc) is 2.59. The van der Waals surface area contributed by atoms with E-state index in [-0.39, 0.29) is 18.4 Å². The molecule has 0 unspecified atom stereocenters. The van der Waals surface area contributed by atoms with Gasteiger partial charge in [0.2, 0.25) is 5.91 Å². The molecule has 1 aromatic carbocycles. The quantitative estimate of drug-likeness (QED) is 0.662. The van der Waals surface area contributed by atoms with Crippen molar-refractivity contribution in [2.75, 3.05) is 25.1 Å². The zero-order valence-corrected chi connectivity index (χ0v) is 13.1. The highest BCUT2D eigenvalue weighted by molar-refractivity contribution is 5.97. The molecule has 122 valence electrons. The summed E-state index contributed by atoms with van der Waals surface area (Å²) in [6.45, 7) is 0.961. The molecule has 1 aliphatic rings. The molecule has 1 fully saturated rings. The first-order chi connectivity index (χ1) is 11.1. The Morgan fingerprint density at radius 1 is 1.26 bits per heavy atom. The van der Waals surface area contributed by atoms with Crippen molar-refractivity contribution >= 4 is 23.5 Å². The lowest BCUT2D eigenvalue weighted by atomic mass is 10.1. The van der Waals surface area contributed by atoms with E-state index in [1.54, 1.807) is 29.2 Å². The molecule has 1 aliphatic heterocycles. The van der Waals surface area contributed by atoms with Crippen molar-refractivity contribution in [1.82, 2.24) is 5.32 Å². The molecule has 2 rings (SSSR count). The largest absolute Gasteiger partial charge is 0.466 e. The number of amides is 2. The topological polar surface area (TPSA) is 75.7 Å². The maximum absolute atomic E-state index is 12.0. The molecular weight excluding hydrogens is 296 g/mol. The van der Waals surface area contributed by atoms with Gasteiger partial charge in [-0.3, -0.25) is 9.59 Å². The maximum atomic E-state index is 12.0. The summed E-state index contributed by atoms with van der Waals surface area (Å²) in [7, 11) is 1.29. The van der Waals surface area contributed by atoms with Crippen LogP contribution in [0, 0.1) is 0 Å². The third-order valence-electron chi connectivity index (χ3n) is 3.60. The molecule has 0 saturated carbocycles. The Balaban J connectivity index is 1.91. The van der Waals surface area contributed by atoms with Crippen LogP contribution in [-0.2, 0) is 14.3 Å². The monoisotopic (exact) mass is 316 g/mol. The van der Waals surface area contributed by atoms with Crippen molar-refractivity contribution in [1.29, 1.82) is 0 Å². The first-order valence-electron chi connectivity index (χ1n) is 7.55. The lowest BCUT2D eigenvalue weighted by molar-refractivity contribution is -0.134. The van der Waals surface area contributed by atoms with Crippen LogP contribution in [0.4, 0.5) is 5.69 Å². The van der Waals surface area contributed by atoms with Gasteiger partial charge in [-0.2, -0.15) is 0 Å². The Kier molecular flexibility index (Phi) is 5.91. The summed E-state index contributed by atoms with van der Waals surface area (Å²) < 4.78 is 4.45. The second-order valence-corrected chi connectivity index (χ2v) is 5.18. The van der Waals surface area contributed by atoms with E-state index in [0.717, 1.165) is 25.1 Å². The van der Waals surface area contributed by atoms with Crippen LogP contribution < -0.4 is 10.2 Å². The molecule has 1 N–H and O–H groups in total. The number of nitrogens with one attached hydrogen (secondary N) is 1. The second kappa shape index (κ2) is 8.12. The van der Waals surface area contributed by atoms with Crippen LogP contribution >= 0.6 is 0 Å². The third kappa shape index (κ3) is 4.67. The van der Waals surface area contributed by atoms with E-state index >= 15 is 0 Å². The van der Waals surface area contributed by atoms with Crippen LogP contribution in [0.2, 0.25) is 0 Å². The van der Waals surface area contributed by atoms with Gasteiger partial charge in [-0.25, -0.2) is 4.79 Å². The molecule has 0 atom stereocenters. The zero-order valence-electron chi connectivity index (χ0n) is 13.1. The predicted octanol–water partition coefficient (Wildman–Crippen LogP) is 1.66. The van der Waals surface area contributed by atoms with Gasteiger partial charge in [0.1, 0.15) is 0 Å². The fourth-order valence-electron chi connectivity index (χ4n) is 2.35. The average molecular weight is 316 g/mol. The summed E-state index contributed by atoms with van der Waals surface area (Å²) in [4.78, 5) is 36.5. The molecule has 0 aliphatic carbocycles. The Bertz CT molecular complexity index is 608. The van der Waals surface area contributed by atoms with E-state index in [0.29, 0.717) is 12.0 Å². The van der Waals surface area contributed by atoms with Gasteiger partial charge < -0.3 is 15.0 Å². The number of ether oxygens (including phenoxy) is 1. The number of piperidine rings is 1. The molecule has 0 radical (unpaired) electrons. The first kappa shape index (κ1) is 16.7. The molecule has 1 aromatic rings. The zero-order chi connectivity index (χ0) is 16.7. The number of benzene rings is 1. The smallest absolute Gasteiger partial charge is 0.330 e. The Morgan fingerprint density at radius 2 is 2.00 bits per heavy atom. The SMILES string of the molecule is COC(=O)/C=C/CNC(=O)c1ccc(N2CCCCC2=O)cc1. The molecule has 2 amide bonds. The first-order valence-corrected chi connectivity index (χ1v) is 7.55. The standard InChI is InChI=1S/C17H20N2O4/c1-23-16(21)6-4-11-18-17(22)13-7-9-14(10-8-13)19-12-3-2-5-15(19)20/h4,6-10H,2-3,5,11-12H2,1H3,(H,18,22)/b6-4+. The van der Waals surface area contributed by atoms with Gasteiger partial charge in [-0.15, -0.1) is 0 Å². The van der Waals surface area contributed by atoms with Gasteiger partial charge >= 0.3 is 5.97 Å². The number of rotatable bonds is 5. The van der Waals surface area contributed by atoms with Crippen molar-refractivity contribution in [3.05, 3.63) is 42.0 Å². The summed E-state index contributed by atoms with van der Waals surface area (Å²) in [5.41, 5.74) is 1.32. The molecule has 1 saturated heterocycles. The van der Waals surface area contributed by atoms with Crippen molar-refractivity contribution < 1.29 is 19.1 Å². The van der Waals surface area contributed by atoms with Crippen molar-refractivity contribution in [2.24, 2.45) is 0 Å². The number of hydrogen-bond acceptors (Lipinski definition) is 4. The Labute approximate surface area is 135 Å². The number of anilines is 1. The lowest BCUT2D eigenvalue weighted by Gasteiger charge is -2.26. The van der Waals surface area contributed by atoms with Crippen LogP contribution in [0.3, 0.4) is 0 Å². The van der Waals surface area contributed by atoms with Crippen molar-refractivity contribution in [3.63, 3.8) is 0 Å². The molecule has 6 nitrogen and oxygen atoms in total. The van der Waals surface area contributed by atoms with E-state index in [2.05, 4.69) is 10.1 Å². The van der Waals surface area contributed by atoms with Crippen LogP contribution in [0.25, 0.3) is 0 Å². The van der Waals surface area contributed by atoms with Gasteiger partial charge in [0.05, 0.1) is 7.11 Å². The molecule has 0 aromatic heterocycles. The van der Waals surface area contributed by atoms with Crippen LogP contribution in [0.1, 0.15) is 29.6 Å². The minimum atomic E-state index is -0.463. The second-order valence-electron chi connectivity index (χ2n) is 5.18. The number of carbonyl (C=O) groups excluding carboxylic acids is 3. The van der Waals surface area contributed by atoms with Gasteiger partial charge in [-0.05, 0) is 37.1 Å². The highest BCUT2D eigenvalue weighted by Crippen LogP contribution is 2.21. The normalized spacial score (nSPS) is 14.8. The van der Waals surface area contributed by atoms with Crippen molar-refractivity contribution in [3.8, 4) is 0 Å². The van der Waals surface area contributed by atoms with Gasteiger partial charge in [0, 0.05) is 36.8 Å². The highest BCUT2D eigenvalue weighted by Gasteiger charge is 2.19. The molecule has 23 heavy (non-hydrogen) atoms. The molecule has 1 heterocycles. The minimum Gasteiger partial charge on any atom is -0.466 e. The predicted molar refractivity (Wildman–Crippen MR) is 86.1 cm³/mol. The van der Waals surface area contributed by atoms with Gasteiger partial charge in [0.25, 0.3) is 5.91 Å². The summed E-state index contributed by atoms with van der Waals surface area (Å²) in [5, 5.41) is 2.67. The minimum absolute atomic E-state index is 0.126. The maximum Gasteiger partial charge on any atom is 0.330 e. The summed E-state index contributed by atoms with van der Waals surface area (Å²) in [6.07, 6.45) is 5.29. The number of carbonyl (C=O) groups is 3. The molecular formula is C17H20N2O4. The molecule has 0 bridgehead atoms. The highest BCUT2D eigenvalue weighted by atomic mass is 16.5. The van der Waals surface area contributed by atoms with Crippen LogP contribution in [0.5, 0.6) is 0 Å². The summed E-state index contributed by atoms with van der Waals surface area (Å²) in [5.74, 6) is -0.577. The fourth-order valence-corrected chi connectivity index (χ4v) is 2.35. The summed E-state index contributed by atoms with van der Waals surface area (Å²) in [6, 6.07) is 6.94. The van der Waals surface area contributed by atoms with E-state index in [1.165, 1.54) is 19.3 Å². The number of esters is 1. The lowest BCUT2D eigenvalue weighted by Crippen LogP contribution is -2.35. The van der Waals surface area contributed by atoms with Crippen molar-refractivity contribution in [2.45, 2.75) is 19.3 Å². The third-order valence-corrected chi connectivity index (χ3v) is 3.60. The molecule has 0 spiro atoms. The Hall–Kier alpha value is -2.63.